The predicted molar refractivity (Wildman–Crippen MR) is 56.2 cm³/mol. The lowest BCUT2D eigenvalue weighted by molar-refractivity contribution is 0.227. The van der Waals surface area contributed by atoms with Gasteiger partial charge in [0.1, 0.15) is 0 Å². The van der Waals surface area contributed by atoms with Crippen molar-refractivity contribution in [3.63, 3.8) is 0 Å². The van der Waals surface area contributed by atoms with Crippen molar-refractivity contribution in [2.45, 2.75) is 38.4 Å². The maximum Gasteiger partial charge on any atom is 0.0154 e. The van der Waals surface area contributed by atoms with Crippen molar-refractivity contribution >= 4 is 11.8 Å². The van der Waals surface area contributed by atoms with E-state index in [1.807, 2.05) is 0 Å². The number of hydrogen-bond donors (Lipinski definition) is 0. The third-order valence-electron chi connectivity index (χ3n) is 3.36. The van der Waals surface area contributed by atoms with Gasteiger partial charge in [-0.05, 0) is 36.0 Å². The lowest BCUT2D eigenvalue weighted by Crippen LogP contribution is -2.29. The zero-order valence-corrected chi connectivity index (χ0v) is 8.81. The van der Waals surface area contributed by atoms with Gasteiger partial charge in [-0.3, -0.25) is 0 Å². The van der Waals surface area contributed by atoms with E-state index < -0.39 is 0 Å². The second kappa shape index (κ2) is 3.45. The van der Waals surface area contributed by atoms with E-state index in [-0.39, 0.29) is 0 Å². The standard InChI is InChI=1S/C11H18S/c1-8(2)9-4-3-5-11-10(9)6-7-12-11/h6-11H,3-5H2,1-2H3. The monoisotopic (exact) mass is 182 g/mol. The molecule has 0 nitrogen and oxygen atoms in total. The Bertz CT molecular complexity index is 183. The van der Waals surface area contributed by atoms with Gasteiger partial charge >= 0.3 is 0 Å². The largest absolute Gasteiger partial charge is 0.130 e. The van der Waals surface area contributed by atoms with Crippen molar-refractivity contribution < 1.29 is 0 Å². The third-order valence-corrected chi connectivity index (χ3v) is 4.57. The highest BCUT2D eigenvalue weighted by Crippen LogP contribution is 2.45. The number of rotatable bonds is 1. The Morgan fingerprint density at radius 3 is 2.92 bits per heavy atom. The summed E-state index contributed by atoms with van der Waals surface area (Å²) in [6.45, 7) is 4.76. The number of fused-ring (bicyclic) bond motifs is 1. The number of allylic oxidation sites excluding steroid dienone is 1. The van der Waals surface area contributed by atoms with Crippen LogP contribution in [0.1, 0.15) is 33.1 Å². The molecule has 0 aromatic heterocycles. The van der Waals surface area contributed by atoms with E-state index >= 15 is 0 Å². The Labute approximate surface area is 79.8 Å². The maximum atomic E-state index is 2.46. The molecule has 1 fully saturated rings. The van der Waals surface area contributed by atoms with E-state index in [0.29, 0.717) is 0 Å². The van der Waals surface area contributed by atoms with Crippen LogP contribution in [0.3, 0.4) is 0 Å². The molecule has 0 bridgehead atoms. The van der Waals surface area contributed by atoms with E-state index in [2.05, 4.69) is 37.1 Å². The molecule has 0 aromatic rings. The lowest BCUT2D eigenvalue weighted by atomic mass is 9.73. The molecule has 2 rings (SSSR count). The highest BCUT2D eigenvalue weighted by molar-refractivity contribution is 8.03. The van der Waals surface area contributed by atoms with Crippen LogP contribution >= 0.6 is 11.8 Å². The van der Waals surface area contributed by atoms with Gasteiger partial charge in [-0.15, -0.1) is 11.8 Å². The molecule has 3 unspecified atom stereocenters. The fraction of sp³-hybridized carbons (Fsp3) is 0.818. The Morgan fingerprint density at radius 2 is 2.17 bits per heavy atom. The van der Waals surface area contributed by atoms with E-state index in [9.17, 15) is 0 Å². The van der Waals surface area contributed by atoms with Crippen LogP contribution in [0.2, 0.25) is 0 Å². The minimum Gasteiger partial charge on any atom is -0.130 e. The minimum absolute atomic E-state index is 0.876. The smallest absolute Gasteiger partial charge is 0.0154 e. The van der Waals surface area contributed by atoms with Crippen LogP contribution in [0, 0.1) is 17.8 Å². The summed E-state index contributed by atoms with van der Waals surface area (Å²) in [5, 5.41) is 3.27. The van der Waals surface area contributed by atoms with Gasteiger partial charge in [0.05, 0.1) is 0 Å². The van der Waals surface area contributed by atoms with Crippen LogP contribution in [-0.4, -0.2) is 5.25 Å². The molecule has 1 aliphatic heterocycles. The van der Waals surface area contributed by atoms with Crippen molar-refractivity contribution in [2.24, 2.45) is 17.8 Å². The molecule has 0 radical (unpaired) electrons. The van der Waals surface area contributed by atoms with Gasteiger partial charge in [0, 0.05) is 5.25 Å². The maximum absolute atomic E-state index is 2.46. The average Bonchev–Trinajstić information content (AvgIpc) is 2.49. The third kappa shape index (κ3) is 1.44. The lowest BCUT2D eigenvalue weighted by Gasteiger charge is -2.35. The first-order valence-corrected chi connectivity index (χ1v) is 6.05. The van der Waals surface area contributed by atoms with Crippen molar-refractivity contribution in [3.8, 4) is 0 Å². The quantitative estimate of drug-likeness (QED) is 0.596. The molecule has 3 atom stereocenters. The van der Waals surface area contributed by atoms with Crippen LogP contribution in [0.4, 0.5) is 0 Å². The Hall–Kier alpha value is 0.0900. The van der Waals surface area contributed by atoms with Crippen LogP contribution < -0.4 is 0 Å². The zero-order valence-electron chi connectivity index (χ0n) is 7.99. The van der Waals surface area contributed by atoms with Crippen LogP contribution in [0.25, 0.3) is 0 Å². The predicted octanol–water partition coefficient (Wildman–Crippen LogP) is 3.69. The first kappa shape index (κ1) is 8.68. The molecule has 68 valence electrons. The Kier molecular flexibility index (Phi) is 2.49. The van der Waals surface area contributed by atoms with Crippen LogP contribution in [0.15, 0.2) is 11.5 Å². The van der Waals surface area contributed by atoms with Gasteiger partial charge in [0.15, 0.2) is 0 Å². The highest BCUT2D eigenvalue weighted by atomic mass is 32.2. The SMILES string of the molecule is CC(C)C1CCCC2SC=CC21. The van der Waals surface area contributed by atoms with Crippen LogP contribution in [-0.2, 0) is 0 Å². The first-order valence-electron chi connectivity index (χ1n) is 5.11. The minimum atomic E-state index is 0.876. The highest BCUT2D eigenvalue weighted by Gasteiger charge is 2.35. The van der Waals surface area contributed by atoms with E-state index in [0.717, 1.165) is 23.0 Å². The van der Waals surface area contributed by atoms with Gasteiger partial charge in [-0.25, -0.2) is 0 Å². The summed E-state index contributed by atoms with van der Waals surface area (Å²) in [6.07, 6.45) is 6.83. The molecule has 0 spiro atoms. The van der Waals surface area contributed by atoms with Gasteiger partial charge in [-0.1, -0.05) is 26.3 Å². The second-order valence-electron chi connectivity index (χ2n) is 4.42. The molecule has 0 aromatic carbocycles. The summed E-state index contributed by atoms with van der Waals surface area (Å²) < 4.78 is 0. The second-order valence-corrected chi connectivity index (χ2v) is 5.57. The molecule has 0 saturated heterocycles. The fourth-order valence-corrected chi connectivity index (χ4v) is 3.91. The summed E-state index contributed by atoms with van der Waals surface area (Å²) in [7, 11) is 0. The summed E-state index contributed by atoms with van der Waals surface area (Å²) >= 11 is 2.07. The fourth-order valence-electron chi connectivity index (χ4n) is 2.66. The summed E-state index contributed by atoms with van der Waals surface area (Å²) in [6, 6.07) is 0. The zero-order chi connectivity index (χ0) is 8.55. The van der Waals surface area contributed by atoms with E-state index in [4.69, 9.17) is 0 Å². The molecular formula is C11H18S. The van der Waals surface area contributed by atoms with E-state index in [1.165, 1.54) is 19.3 Å². The molecule has 1 aliphatic carbocycles. The average molecular weight is 182 g/mol. The van der Waals surface area contributed by atoms with Gasteiger partial charge in [0.2, 0.25) is 0 Å². The Morgan fingerprint density at radius 1 is 1.33 bits per heavy atom. The Balaban J connectivity index is 2.08. The molecule has 12 heavy (non-hydrogen) atoms. The van der Waals surface area contributed by atoms with Crippen molar-refractivity contribution in [3.05, 3.63) is 11.5 Å². The van der Waals surface area contributed by atoms with Crippen LogP contribution in [0.5, 0.6) is 0 Å². The first-order chi connectivity index (χ1) is 5.79. The summed E-state index contributed by atoms with van der Waals surface area (Å²) in [5.41, 5.74) is 0. The molecule has 0 amide bonds. The molecule has 0 N–H and O–H groups in total. The number of hydrogen-bond acceptors (Lipinski definition) is 1. The van der Waals surface area contributed by atoms with Crippen molar-refractivity contribution in [2.75, 3.05) is 0 Å². The van der Waals surface area contributed by atoms with Crippen molar-refractivity contribution in [1.82, 2.24) is 0 Å². The molecule has 1 saturated carbocycles. The molecular weight excluding hydrogens is 164 g/mol. The van der Waals surface area contributed by atoms with E-state index in [1.54, 1.807) is 0 Å². The summed E-state index contributed by atoms with van der Waals surface area (Å²) in [4.78, 5) is 0. The topological polar surface area (TPSA) is 0 Å². The van der Waals surface area contributed by atoms with Gasteiger partial charge in [0.25, 0.3) is 0 Å². The molecule has 1 heteroatoms. The van der Waals surface area contributed by atoms with Gasteiger partial charge < -0.3 is 0 Å². The summed E-state index contributed by atoms with van der Waals surface area (Å²) in [5.74, 6) is 2.75. The van der Waals surface area contributed by atoms with Gasteiger partial charge in [-0.2, -0.15) is 0 Å². The number of thioether (sulfide) groups is 1. The normalized spacial score (nSPS) is 40.4. The molecule has 1 heterocycles. The molecule has 2 aliphatic rings. The van der Waals surface area contributed by atoms with Crippen molar-refractivity contribution in [1.29, 1.82) is 0 Å².